The summed E-state index contributed by atoms with van der Waals surface area (Å²) in [5.74, 6) is 1.45. The fourth-order valence-corrected chi connectivity index (χ4v) is 1.08. The summed E-state index contributed by atoms with van der Waals surface area (Å²) in [6.45, 7) is 0. The molecule has 0 aliphatic heterocycles. The van der Waals surface area contributed by atoms with Crippen LogP contribution in [-0.4, -0.2) is 9.97 Å². The van der Waals surface area contributed by atoms with E-state index < -0.39 is 0 Å². The van der Waals surface area contributed by atoms with E-state index in [1.807, 2.05) is 18.2 Å². The van der Waals surface area contributed by atoms with E-state index in [0.717, 1.165) is 5.82 Å². The van der Waals surface area contributed by atoms with Crippen LogP contribution >= 0.6 is 0 Å². The van der Waals surface area contributed by atoms with Crippen LogP contribution in [-0.2, 0) is 0 Å². The van der Waals surface area contributed by atoms with Crippen LogP contribution < -0.4 is 11.1 Å². The van der Waals surface area contributed by atoms with Crippen molar-refractivity contribution in [3.05, 3.63) is 42.7 Å². The number of nitrogens with one attached hydrogen (secondary N) is 1. The standard InChI is InChI=1S/C10H10N4/c11-8-4-6-13-10(7-8)14-9-3-1-2-5-12-9/h1-7H,(H3,11,12,13,14). The lowest BCUT2D eigenvalue weighted by Crippen LogP contribution is -1.96. The Morgan fingerprint density at radius 2 is 1.86 bits per heavy atom. The summed E-state index contributed by atoms with van der Waals surface area (Å²) in [5.41, 5.74) is 6.29. The molecule has 0 aliphatic carbocycles. The zero-order valence-electron chi connectivity index (χ0n) is 7.51. The van der Waals surface area contributed by atoms with Gasteiger partial charge in [0, 0.05) is 24.1 Å². The molecular weight excluding hydrogens is 176 g/mol. The van der Waals surface area contributed by atoms with E-state index in [4.69, 9.17) is 5.73 Å². The summed E-state index contributed by atoms with van der Waals surface area (Å²) >= 11 is 0. The van der Waals surface area contributed by atoms with E-state index in [1.165, 1.54) is 0 Å². The zero-order valence-corrected chi connectivity index (χ0v) is 7.51. The molecule has 0 atom stereocenters. The van der Waals surface area contributed by atoms with Crippen molar-refractivity contribution in [2.24, 2.45) is 0 Å². The van der Waals surface area contributed by atoms with Gasteiger partial charge in [0.25, 0.3) is 0 Å². The van der Waals surface area contributed by atoms with Gasteiger partial charge in [-0.15, -0.1) is 0 Å². The highest BCUT2D eigenvalue weighted by atomic mass is 15.0. The van der Waals surface area contributed by atoms with E-state index in [9.17, 15) is 0 Å². The molecule has 2 rings (SSSR count). The maximum Gasteiger partial charge on any atom is 0.133 e. The molecule has 4 heteroatoms. The molecule has 0 aromatic carbocycles. The maximum absolute atomic E-state index is 5.61. The van der Waals surface area contributed by atoms with Gasteiger partial charge in [-0.05, 0) is 18.2 Å². The number of pyridine rings is 2. The number of hydrogen-bond acceptors (Lipinski definition) is 4. The topological polar surface area (TPSA) is 63.8 Å². The van der Waals surface area contributed by atoms with Crippen LogP contribution in [0.25, 0.3) is 0 Å². The third kappa shape index (κ3) is 1.98. The molecule has 0 saturated carbocycles. The molecule has 0 fully saturated rings. The molecule has 70 valence electrons. The predicted octanol–water partition coefficient (Wildman–Crippen LogP) is 1.80. The Morgan fingerprint density at radius 3 is 2.57 bits per heavy atom. The van der Waals surface area contributed by atoms with Gasteiger partial charge in [0.1, 0.15) is 11.6 Å². The summed E-state index contributed by atoms with van der Waals surface area (Å²) < 4.78 is 0. The van der Waals surface area contributed by atoms with Crippen molar-refractivity contribution in [1.29, 1.82) is 0 Å². The minimum atomic E-state index is 0.679. The third-order valence-corrected chi connectivity index (χ3v) is 1.71. The van der Waals surface area contributed by atoms with Gasteiger partial charge in [-0.1, -0.05) is 6.07 Å². The molecular formula is C10H10N4. The second-order valence-corrected chi connectivity index (χ2v) is 2.81. The predicted molar refractivity (Wildman–Crippen MR) is 56.2 cm³/mol. The Labute approximate surface area is 81.8 Å². The Balaban J connectivity index is 2.19. The molecule has 0 saturated heterocycles. The molecule has 0 spiro atoms. The van der Waals surface area contributed by atoms with Gasteiger partial charge in [-0.25, -0.2) is 9.97 Å². The Bertz CT molecular complexity index is 413. The van der Waals surface area contributed by atoms with Crippen LogP contribution in [0, 0.1) is 0 Å². The first kappa shape index (κ1) is 8.50. The second kappa shape index (κ2) is 3.74. The molecule has 2 aromatic heterocycles. The lowest BCUT2D eigenvalue weighted by molar-refractivity contribution is 1.25. The highest BCUT2D eigenvalue weighted by molar-refractivity contribution is 5.56. The van der Waals surface area contributed by atoms with Gasteiger partial charge in [-0.3, -0.25) is 0 Å². The van der Waals surface area contributed by atoms with E-state index >= 15 is 0 Å². The SMILES string of the molecule is Nc1ccnc(Nc2ccccn2)c1. The summed E-state index contributed by atoms with van der Waals surface area (Å²) in [7, 11) is 0. The lowest BCUT2D eigenvalue weighted by Gasteiger charge is -2.03. The van der Waals surface area contributed by atoms with Crippen molar-refractivity contribution in [1.82, 2.24) is 9.97 Å². The van der Waals surface area contributed by atoms with Gasteiger partial charge in [-0.2, -0.15) is 0 Å². The quantitative estimate of drug-likeness (QED) is 0.750. The Hall–Kier alpha value is -2.10. The summed E-state index contributed by atoms with van der Waals surface area (Å²) in [6, 6.07) is 9.13. The van der Waals surface area contributed by atoms with E-state index in [2.05, 4.69) is 15.3 Å². The molecule has 14 heavy (non-hydrogen) atoms. The Morgan fingerprint density at radius 1 is 1.00 bits per heavy atom. The number of nitrogens with two attached hydrogens (primary N) is 1. The largest absolute Gasteiger partial charge is 0.399 e. The first-order valence-electron chi connectivity index (χ1n) is 4.24. The van der Waals surface area contributed by atoms with Crippen LogP contribution in [0.5, 0.6) is 0 Å². The van der Waals surface area contributed by atoms with Crippen molar-refractivity contribution >= 4 is 17.3 Å². The van der Waals surface area contributed by atoms with Crippen molar-refractivity contribution in [3.63, 3.8) is 0 Å². The lowest BCUT2D eigenvalue weighted by atomic mass is 10.4. The number of hydrogen-bond donors (Lipinski definition) is 2. The first-order chi connectivity index (χ1) is 6.84. The van der Waals surface area contributed by atoms with Crippen LogP contribution in [0.3, 0.4) is 0 Å². The maximum atomic E-state index is 5.61. The normalized spacial score (nSPS) is 9.71. The minimum Gasteiger partial charge on any atom is -0.399 e. The summed E-state index contributed by atoms with van der Waals surface area (Å²) in [4.78, 5) is 8.22. The number of nitrogens with zero attached hydrogens (tertiary/aromatic N) is 2. The van der Waals surface area contributed by atoms with Gasteiger partial charge >= 0.3 is 0 Å². The number of anilines is 3. The molecule has 0 unspecified atom stereocenters. The third-order valence-electron chi connectivity index (χ3n) is 1.71. The van der Waals surface area contributed by atoms with Crippen molar-refractivity contribution in [2.75, 3.05) is 11.1 Å². The molecule has 4 nitrogen and oxygen atoms in total. The molecule has 0 radical (unpaired) electrons. The fraction of sp³-hybridized carbons (Fsp3) is 0. The minimum absolute atomic E-state index is 0.679. The van der Waals surface area contributed by atoms with Gasteiger partial charge in [0.15, 0.2) is 0 Å². The highest BCUT2D eigenvalue weighted by Gasteiger charge is 1.95. The highest BCUT2D eigenvalue weighted by Crippen LogP contribution is 2.12. The van der Waals surface area contributed by atoms with Crippen LogP contribution in [0.15, 0.2) is 42.7 Å². The first-order valence-corrected chi connectivity index (χ1v) is 4.24. The number of rotatable bonds is 2. The molecule has 0 bridgehead atoms. The smallest absolute Gasteiger partial charge is 0.133 e. The van der Waals surface area contributed by atoms with Crippen LogP contribution in [0.1, 0.15) is 0 Å². The van der Waals surface area contributed by atoms with Crippen molar-refractivity contribution in [2.45, 2.75) is 0 Å². The Kier molecular flexibility index (Phi) is 2.27. The van der Waals surface area contributed by atoms with Crippen molar-refractivity contribution < 1.29 is 0 Å². The van der Waals surface area contributed by atoms with Gasteiger partial charge < -0.3 is 11.1 Å². The van der Waals surface area contributed by atoms with E-state index in [-0.39, 0.29) is 0 Å². The number of nitrogen functional groups attached to an aromatic ring is 1. The van der Waals surface area contributed by atoms with Gasteiger partial charge in [0.2, 0.25) is 0 Å². The number of aromatic nitrogens is 2. The molecule has 2 aromatic rings. The second-order valence-electron chi connectivity index (χ2n) is 2.81. The molecule has 0 aliphatic rings. The summed E-state index contributed by atoms with van der Waals surface area (Å²) in [6.07, 6.45) is 3.37. The average Bonchev–Trinajstić information content (AvgIpc) is 2.19. The zero-order chi connectivity index (χ0) is 9.80. The molecule has 2 heterocycles. The molecule has 3 N–H and O–H groups in total. The van der Waals surface area contributed by atoms with Gasteiger partial charge in [0.05, 0.1) is 0 Å². The molecule has 0 amide bonds. The van der Waals surface area contributed by atoms with Crippen molar-refractivity contribution in [3.8, 4) is 0 Å². The van der Waals surface area contributed by atoms with E-state index in [0.29, 0.717) is 11.5 Å². The van der Waals surface area contributed by atoms with E-state index in [1.54, 1.807) is 24.5 Å². The van der Waals surface area contributed by atoms with Crippen LogP contribution in [0.4, 0.5) is 17.3 Å². The average molecular weight is 186 g/mol. The summed E-state index contributed by atoms with van der Waals surface area (Å²) in [5, 5.41) is 3.04. The monoisotopic (exact) mass is 186 g/mol. The fourth-order valence-electron chi connectivity index (χ4n) is 1.08. The van der Waals surface area contributed by atoms with Crippen LogP contribution in [0.2, 0.25) is 0 Å².